The van der Waals surface area contributed by atoms with Gasteiger partial charge in [-0.25, -0.2) is 4.39 Å². The smallest absolute Gasteiger partial charge is 0.130 e. The van der Waals surface area contributed by atoms with Crippen molar-refractivity contribution in [2.45, 2.75) is 25.9 Å². The minimum Gasteiger partial charge on any atom is -0.381 e. The van der Waals surface area contributed by atoms with Gasteiger partial charge in [0.15, 0.2) is 0 Å². The van der Waals surface area contributed by atoms with E-state index in [1.165, 1.54) is 0 Å². The molecule has 3 aliphatic heterocycles. The van der Waals surface area contributed by atoms with E-state index in [2.05, 4.69) is 5.32 Å². The quantitative estimate of drug-likeness (QED) is 0.772. The number of nitrogens with one attached hydrogen (secondary N) is 1. The van der Waals surface area contributed by atoms with Gasteiger partial charge in [-0.15, -0.1) is 0 Å². The van der Waals surface area contributed by atoms with Crippen LogP contribution in [0.2, 0.25) is 0 Å². The second kappa shape index (κ2) is 5.23. The molecular weight excluding hydrogens is 209 g/mol. The average molecular weight is 229 g/mol. The minimum atomic E-state index is -0.903. The minimum absolute atomic E-state index is 0.0920. The zero-order valence-electron chi connectivity index (χ0n) is 9.75. The van der Waals surface area contributed by atoms with Gasteiger partial charge < -0.3 is 14.8 Å². The fourth-order valence-electron chi connectivity index (χ4n) is 2.84. The van der Waals surface area contributed by atoms with Gasteiger partial charge in [0.1, 0.15) is 12.0 Å². The number of hydrogen-bond acceptors (Lipinski definition) is 3. The molecule has 3 heterocycles. The molecule has 4 atom stereocenters. The summed E-state index contributed by atoms with van der Waals surface area (Å²) in [6.07, 6.45) is 0.248. The molecular formula is C12H20FNO2. The van der Waals surface area contributed by atoms with E-state index in [-0.39, 0.29) is 17.6 Å². The summed E-state index contributed by atoms with van der Waals surface area (Å²) in [5.74, 6) is 0.258. The maximum atomic E-state index is 14.2. The molecule has 0 aromatic rings. The Hall–Kier alpha value is -0.480. The molecule has 4 heteroatoms. The summed E-state index contributed by atoms with van der Waals surface area (Å²) < 4.78 is 19.7. The van der Waals surface area contributed by atoms with E-state index in [0.29, 0.717) is 32.1 Å². The molecule has 3 aliphatic rings. The molecule has 3 nitrogen and oxygen atoms in total. The van der Waals surface area contributed by atoms with Gasteiger partial charge in [0.05, 0.1) is 13.2 Å². The van der Waals surface area contributed by atoms with Crippen molar-refractivity contribution in [2.24, 2.45) is 17.8 Å². The van der Waals surface area contributed by atoms with E-state index in [1.54, 1.807) is 6.92 Å². The van der Waals surface area contributed by atoms with Crippen LogP contribution in [0.1, 0.15) is 19.8 Å². The molecule has 2 bridgehead atoms. The number of hydrogen-bond donors (Lipinski definition) is 1. The zero-order chi connectivity index (χ0) is 11.5. The van der Waals surface area contributed by atoms with E-state index in [4.69, 9.17) is 4.74 Å². The first-order valence-electron chi connectivity index (χ1n) is 6.08. The van der Waals surface area contributed by atoms with Crippen LogP contribution in [0.3, 0.4) is 0 Å². The molecule has 1 N–H and O–H groups in total. The topological polar surface area (TPSA) is 38.3 Å². The van der Waals surface area contributed by atoms with Crippen molar-refractivity contribution < 1.29 is 13.9 Å². The third-order valence-corrected chi connectivity index (χ3v) is 3.61. The molecule has 3 unspecified atom stereocenters. The SMILES string of the molecule is CC(=O)C[C@H]1CC2CNCC(COC2)C1F. The van der Waals surface area contributed by atoms with Crippen molar-refractivity contribution in [1.82, 2.24) is 5.32 Å². The second-order valence-corrected chi connectivity index (χ2v) is 5.17. The van der Waals surface area contributed by atoms with Crippen LogP contribution >= 0.6 is 0 Å². The van der Waals surface area contributed by atoms with Crippen LogP contribution in [0.4, 0.5) is 4.39 Å². The molecule has 3 rings (SSSR count). The van der Waals surface area contributed by atoms with Gasteiger partial charge in [-0.1, -0.05) is 0 Å². The summed E-state index contributed by atoms with van der Waals surface area (Å²) in [6, 6.07) is 0. The van der Waals surface area contributed by atoms with E-state index < -0.39 is 6.17 Å². The van der Waals surface area contributed by atoms with Crippen LogP contribution in [-0.2, 0) is 9.53 Å². The molecule has 0 spiro atoms. The van der Waals surface area contributed by atoms with Crippen LogP contribution in [0.15, 0.2) is 0 Å². The Balaban J connectivity index is 2.09. The molecule has 3 fully saturated rings. The van der Waals surface area contributed by atoms with Crippen molar-refractivity contribution in [1.29, 1.82) is 0 Å². The van der Waals surface area contributed by atoms with Gasteiger partial charge in [0.25, 0.3) is 0 Å². The maximum Gasteiger partial charge on any atom is 0.130 e. The van der Waals surface area contributed by atoms with Gasteiger partial charge in [-0.3, -0.25) is 0 Å². The Morgan fingerprint density at radius 3 is 3.00 bits per heavy atom. The standard InChI is InChI=1S/C12H20FNO2/c1-8(15)2-10-3-9-4-14-5-11(12(10)13)7-16-6-9/h9-12,14H,2-7H2,1H3/t9?,10-,11?,12?/m0/s1. The van der Waals surface area contributed by atoms with Crippen molar-refractivity contribution >= 4 is 5.78 Å². The van der Waals surface area contributed by atoms with Gasteiger partial charge in [0.2, 0.25) is 0 Å². The monoisotopic (exact) mass is 229 g/mol. The van der Waals surface area contributed by atoms with Gasteiger partial charge in [-0.05, 0) is 25.2 Å². The molecule has 0 saturated carbocycles. The fraction of sp³-hybridized carbons (Fsp3) is 0.917. The lowest BCUT2D eigenvalue weighted by Gasteiger charge is -2.37. The number of fused-ring (bicyclic) bond motifs is 6. The van der Waals surface area contributed by atoms with Gasteiger partial charge in [-0.2, -0.15) is 0 Å². The molecule has 92 valence electrons. The number of carbonyl (C=O) groups is 1. The molecule has 0 aromatic heterocycles. The average Bonchev–Trinajstić information content (AvgIpc) is 2.16. The van der Waals surface area contributed by atoms with Crippen LogP contribution in [0, 0.1) is 17.8 Å². The predicted octanol–water partition coefficient (Wildman–Crippen LogP) is 1.18. The molecule has 3 saturated heterocycles. The van der Waals surface area contributed by atoms with E-state index in [9.17, 15) is 9.18 Å². The van der Waals surface area contributed by atoms with Crippen LogP contribution in [-0.4, -0.2) is 38.3 Å². The molecule has 0 aromatic carbocycles. The number of alkyl halides is 1. The number of ether oxygens (including phenoxy) is 1. The largest absolute Gasteiger partial charge is 0.381 e. The molecule has 16 heavy (non-hydrogen) atoms. The van der Waals surface area contributed by atoms with E-state index >= 15 is 0 Å². The summed E-state index contributed by atoms with van der Waals surface area (Å²) in [5.41, 5.74) is 0. The first kappa shape index (κ1) is 12.0. The Bertz CT molecular complexity index is 249. The highest BCUT2D eigenvalue weighted by atomic mass is 19.1. The van der Waals surface area contributed by atoms with Crippen molar-refractivity contribution in [3.05, 3.63) is 0 Å². The number of halogens is 1. The lowest BCUT2D eigenvalue weighted by Crippen LogP contribution is -2.46. The molecule has 0 aliphatic carbocycles. The first-order valence-corrected chi connectivity index (χ1v) is 6.08. The van der Waals surface area contributed by atoms with Gasteiger partial charge >= 0.3 is 0 Å². The predicted molar refractivity (Wildman–Crippen MR) is 59.0 cm³/mol. The summed E-state index contributed by atoms with van der Waals surface area (Å²) >= 11 is 0. The Morgan fingerprint density at radius 2 is 2.25 bits per heavy atom. The van der Waals surface area contributed by atoms with Crippen LogP contribution < -0.4 is 5.32 Å². The highest BCUT2D eigenvalue weighted by Crippen LogP contribution is 2.31. The van der Waals surface area contributed by atoms with Crippen molar-refractivity contribution in [2.75, 3.05) is 26.3 Å². The van der Waals surface area contributed by atoms with E-state index in [0.717, 1.165) is 13.0 Å². The van der Waals surface area contributed by atoms with Crippen LogP contribution in [0.5, 0.6) is 0 Å². The highest BCUT2D eigenvalue weighted by Gasteiger charge is 2.36. The Kier molecular flexibility index (Phi) is 3.92. The summed E-state index contributed by atoms with van der Waals surface area (Å²) in [4.78, 5) is 11.2. The third-order valence-electron chi connectivity index (χ3n) is 3.61. The maximum absolute atomic E-state index is 14.2. The Morgan fingerprint density at radius 1 is 1.44 bits per heavy atom. The summed E-state index contributed by atoms with van der Waals surface area (Å²) in [6.45, 7) is 4.30. The number of rotatable bonds is 2. The number of carbonyl (C=O) groups excluding carboxylic acids is 1. The molecule has 0 amide bonds. The number of ketones is 1. The normalized spacial score (nSPS) is 39.9. The lowest BCUT2D eigenvalue weighted by molar-refractivity contribution is -0.119. The second-order valence-electron chi connectivity index (χ2n) is 5.17. The number of Topliss-reactive ketones (excluding diaryl/α,β-unsaturated/α-hetero) is 1. The molecule has 0 radical (unpaired) electrons. The summed E-state index contributed by atoms with van der Waals surface area (Å²) in [7, 11) is 0. The van der Waals surface area contributed by atoms with Crippen molar-refractivity contribution in [3.63, 3.8) is 0 Å². The van der Waals surface area contributed by atoms with Crippen molar-refractivity contribution in [3.8, 4) is 0 Å². The fourth-order valence-corrected chi connectivity index (χ4v) is 2.84. The van der Waals surface area contributed by atoms with E-state index in [1.807, 2.05) is 0 Å². The summed E-state index contributed by atoms with van der Waals surface area (Å²) in [5, 5.41) is 3.29. The lowest BCUT2D eigenvalue weighted by atomic mass is 9.80. The Labute approximate surface area is 95.7 Å². The zero-order valence-corrected chi connectivity index (χ0v) is 9.75. The van der Waals surface area contributed by atoms with Crippen LogP contribution in [0.25, 0.3) is 0 Å². The first-order chi connectivity index (χ1) is 7.66. The van der Waals surface area contributed by atoms with Gasteiger partial charge in [0, 0.05) is 25.4 Å². The highest BCUT2D eigenvalue weighted by molar-refractivity contribution is 5.75. The third kappa shape index (κ3) is 2.80.